The molecule has 0 aliphatic heterocycles. The summed E-state index contributed by atoms with van der Waals surface area (Å²) in [6.07, 6.45) is 2.90. The highest BCUT2D eigenvalue weighted by Gasteiger charge is 2.33. The number of rotatable bonds is 5. The SMILES string of the molecule is CCCCc1cc2c(=O)n(C(C)(C)C(=O)O)c(=O)[nH]c2s1. The van der Waals surface area contributed by atoms with Gasteiger partial charge in [0.05, 0.1) is 5.39 Å². The van der Waals surface area contributed by atoms with Crippen molar-refractivity contribution in [1.29, 1.82) is 0 Å². The van der Waals surface area contributed by atoms with Crippen LogP contribution in [0, 0.1) is 0 Å². The average molecular weight is 310 g/mol. The number of hydrogen-bond acceptors (Lipinski definition) is 4. The first-order valence-electron chi connectivity index (χ1n) is 6.80. The van der Waals surface area contributed by atoms with Crippen molar-refractivity contribution in [2.24, 2.45) is 0 Å². The van der Waals surface area contributed by atoms with Crippen LogP contribution in [0.4, 0.5) is 0 Å². The number of carboxylic acids is 1. The predicted octanol–water partition coefficient (Wildman–Crippen LogP) is 1.91. The molecule has 0 fully saturated rings. The zero-order chi connectivity index (χ0) is 15.8. The van der Waals surface area contributed by atoms with Crippen molar-refractivity contribution < 1.29 is 9.90 Å². The van der Waals surface area contributed by atoms with Crippen LogP contribution in [0.5, 0.6) is 0 Å². The van der Waals surface area contributed by atoms with Gasteiger partial charge in [0.25, 0.3) is 5.56 Å². The van der Waals surface area contributed by atoms with E-state index in [0.717, 1.165) is 28.7 Å². The molecule has 0 saturated heterocycles. The van der Waals surface area contributed by atoms with Crippen LogP contribution in [-0.4, -0.2) is 20.6 Å². The van der Waals surface area contributed by atoms with Gasteiger partial charge in [-0.2, -0.15) is 0 Å². The highest BCUT2D eigenvalue weighted by Crippen LogP contribution is 2.22. The van der Waals surface area contributed by atoms with Crippen molar-refractivity contribution in [3.05, 3.63) is 31.8 Å². The number of aromatic nitrogens is 2. The molecule has 2 aromatic rings. The van der Waals surface area contributed by atoms with Crippen LogP contribution in [0.15, 0.2) is 15.7 Å². The number of carbonyl (C=O) groups is 1. The Labute approximate surface area is 125 Å². The fourth-order valence-corrected chi connectivity index (χ4v) is 3.22. The molecule has 0 aliphatic rings. The summed E-state index contributed by atoms with van der Waals surface area (Å²) < 4.78 is 0.772. The van der Waals surface area contributed by atoms with Gasteiger partial charge in [0, 0.05) is 4.88 Å². The molecule has 7 heteroatoms. The minimum absolute atomic E-state index is 0.375. The lowest BCUT2D eigenvalue weighted by molar-refractivity contribution is -0.146. The monoisotopic (exact) mass is 310 g/mol. The summed E-state index contributed by atoms with van der Waals surface area (Å²) in [5, 5.41) is 9.60. The molecule has 0 amide bonds. The fraction of sp³-hybridized carbons (Fsp3) is 0.500. The number of H-pyrrole nitrogens is 1. The van der Waals surface area contributed by atoms with Crippen LogP contribution in [0.1, 0.15) is 38.5 Å². The van der Waals surface area contributed by atoms with Crippen molar-refractivity contribution in [1.82, 2.24) is 9.55 Å². The van der Waals surface area contributed by atoms with Gasteiger partial charge in [0.15, 0.2) is 0 Å². The van der Waals surface area contributed by atoms with E-state index in [1.54, 1.807) is 6.07 Å². The third-order valence-electron chi connectivity index (χ3n) is 3.50. The second-order valence-electron chi connectivity index (χ2n) is 5.49. The van der Waals surface area contributed by atoms with Gasteiger partial charge in [0.2, 0.25) is 0 Å². The molecule has 0 bridgehead atoms. The Bertz CT molecular complexity index is 797. The van der Waals surface area contributed by atoms with Crippen LogP contribution < -0.4 is 11.2 Å². The Morgan fingerprint density at radius 1 is 1.43 bits per heavy atom. The highest BCUT2D eigenvalue weighted by atomic mass is 32.1. The number of aromatic amines is 1. The van der Waals surface area contributed by atoms with Crippen molar-refractivity contribution in [2.45, 2.75) is 45.6 Å². The van der Waals surface area contributed by atoms with E-state index in [1.165, 1.54) is 25.2 Å². The van der Waals surface area contributed by atoms with Gasteiger partial charge in [-0.25, -0.2) is 14.2 Å². The van der Waals surface area contributed by atoms with Crippen LogP contribution in [0.3, 0.4) is 0 Å². The number of nitrogens with zero attached hydrogens (tertiary/aromatic N) is 1. The fourth-order valence-electron chi connectivity index (χ4n) is 2.14. The summed E-state index contributed by atoms with van der Waals surface area (Å²) in [6.45, 7) is 4.75. The summed E-state index contributed by atoms with van der Waals surface area (Å²) in [7, 11) is 0. The average Bonchev–Trinajstić information content (AvgIpc) is 2.79. The molecule has 21 heavy (non-hydrogen) atoms. The first-order chi connectivity index (χ1) is 9.78. The third kappa shape index (κ3) is 2.65. The maximum atomic E-state index is 12.5. The summed E-state index contributed by atoms with van der Waals surface area (Å²) in [5.74, 6) is -1.23. The van der Waals surface area contributed by atoms with E-state index >= 15 is 0 Å². The van der Waals surface area contributed by atoms with Gasteiger partial charge in [-0.3, -0.25) is 9.78 Å². The van der Waals surface area contributed by atoms with E-state index in [-0.39, 0.29) is 0 Å². The first-order valence-corrected chi connectivity index (χ1v) is 7.62. The van der Waals surface area contributed by atoms with Crippen LogP contribution in [0.2, 0.25) is 0 Å². The first kappa shape index (κ1) is 15.5. The number of thiophene rings is 1. The molecule has 0 saturated carbocycles. The molecule has 0 spiro atoms. The van der Waals surface area contributed by atoms with Crippen molar-refractivity contribution >= 4 is 27.5 Å². The Kier molecular flexibility index (Phi) is 4.04. The number of carboxylic acid groups (broad SMARTS) is 1. The number of aliphatic carboxylic acids is 1. The Balaban J connectivity index is 2.68. The Morgan fingerprint density at radius 2 is 2.10 bits per heavy atom. The van der Waals surface area contributed by atoms with Crippen LogP contribution in [-0.2, 0) is 16.8 Å². The van der Waals surface area contributed by atoms with E-state index < -0.39 is 22.8 Å². The lowest BCUT2D eigenvalue weighted by Crippen LogP contribution is -2.50. The molecule has 0 aliphatic carbocycles. The third-order valence-corrected chi connectivity index (χ3v) is 4.61. The number of unbranched alkanes of at least 4 members (excludes halogenated alkanes) is 1. The Morgan fingerprint density at radius 3 is 2.67 bits per heavy atom. The molecular weight excluding hydrogens is 292 g/mol. The zero-order valence-electron chi connectivity index (χ0n) is 12.2. The predicted molar refractivity (Wildman–Crippen MR) is 82.3 cm³/mol. The minimum Gasteiger partial charge on any atom is -0.480 e. The Hall–Kier alpha value is -1.89. The van der Waals surface area contributed by atoms with E-state index in [1.807, 2.05) is 0 Å². The number of nitrogens with one attached hydrogen (secondary N) is 1. The smallest absolute Gasteiger partial charge is 0.330 e. The number of fused-ring (bicyclic) bond motifs is 1. The molecule has 2 rings (SSSR count). The quantitative estimate of drug-likeness (QED) is 0.882. The molecular formula is C14H18N2O4S. The van der Waals surface area contributed by atoms with Crippen LogP contribution >= 0.6 is 11.3 Å². The van der Waals surface area contributed by atoms with E-state index in [4.69, 9.17) is 0 Å². The van der Waals surface area contributed by atoms with Gasteiger partial charge in [-0.15, -0.1) is 11.3 Å². The van der Waals surface area contributed by atoms with Crippen molar-refractivity contribution in [3.63, 3.8) is 0 Å². The molecule has 0 radical (unpaired) electrons. The summed E-state index contributed by atoms with van der Waals surface area (Å²) >= 11 is 1.38. The minimum atomic E-state index is -1.59. The van der Waals surface area contributed by atoms with E-state index in [2.05, 4.69) is 11.9 Å². The van der Waals surface area contributed by atoms with E-state index in [9.17, 15) is 19.5 Å². The maximum Gasteiger partial charge on any atom is 0.330 e. The second kappa shape index (κ2) is 5.48. The number of aryl methyl sites for hydroxylation is 1. The van der Waals surface area contributed by atoms with Crippen LogP contribution in [0.25, 0.3) is 10.2 Å². The molecule has 2 aromatic heterocycles. The van der Waals surface area contributed by atoms with Crippen molar-refractivity contribution in [2.75, 3.05) is 0 Å². The largest absolute Gasteiger partial charge is 0.480 e. The summed E-state index contributed by atoms with van der Waals surface area (Å²) in [5.41, 5.74) is -2.84. The second-order valence-corrected chi connectivity index (χ2v) is 6.63. The summed E-state index contributed by atoms with van der Waals surface area (Å²) in [6, 6.07) is 1.75. The topological polar surface area (TPSA) is 92.2 Å². The molecule has 2 heterocycles. The normalized spacial score (nSPS) is 12.0. The highest BCUT2D eigenvalue weighted by molar-refractivity contribution is 7.18. The van der Waals surface area contributed by atoms with Gasteiger partial charge in [-0.05, 0) is 32.8 Å². The van der Waals surface area contributed by atoms with Gasteiger partial charge < -0.3 is 5.11 Å². The molecule has 0 atom stereocenters. The maximum absolute atomic E-state index is 12.5. The lowest BCUT2D eigenvalue weighted by atomic mass is 10.1. The molecule has 0 unspecified atom stereocenters. The molecule has 2 N–H and O–H groups in total. The lowest BCUT2D eigenvalue weighted by Gasteiger charge is -2.20. The zero-order valence-corrected chi connectivity index (χ0v) is 13.0. The van der Waals surface area contributed by atoms with Gasteiger partial charge in [-0.1, -0.05) is 13.3 Å². The van der Waals surface area contributed by atoms with Gasteiger partial charge in [0.1, 0.15) is 10.4 Å². The molecule has 6 nitrogen and oxygen atoms in total. The van der Waals surface area contributed by atoms with Gasteiger partial charge >= 0.3 is 11.7 Å². The molecule has 114 valence electrons. The van der Waals surface area contributed by atoms with E-state index in [0.29, 0.717) is 10.2 Å². The standard InChI is InChI=1S/C14H18N2O4S/c1-4-5-6-8-7-9-10(21-8)15-13(20)16(11(9)17)14(2,3)12(18)19/h7H,4-6H2,1-3H3,(H,15,20)(H,18,19). The number of hydrogen-bond donors (Lipinski definition) is 2. The molecule has 0 aromatic carbocycles. The summed E-state index contributed by atoms with van der Waals surface area (Å²) in [4.78, 5) is 40.0. The van der Waals surface area contributed by atoms with Crippen molar-refractivity contribution in [3.8, 4) is 0 Å².